The molecule has 1 heterocycles. The summed E-state index contributed by atoms with van der Waals surface area (Å²) < 4.78 is 26.3. The molecule has 0 spiro atoms. The molecule has 0 radical (unpaired) electrons. The molecular formula is C15H14F2N2O2S. The summed E-state index contributed by atoms with van der Waals surface area (Å²) in [7, 11) is 0. The van der Waals surface area contributed by atoms with Crippen molar-refractivity contribution in [2.75, 3.05) is 11.9 Å². The van der Waals surface area contributed by atoms with Crippen LogP contribution in [0.2, 0.25) is 0 Å². The van der Waals surface area contributed by atoms with E-state index in [9.17, 15) is 18.4 Å². The van der Waals surface area contributed by atoms with Crippen molar-refractivity contribution in [3.8, 4) is 0 Å². The van der Waals surface area contributed by atoms with Crippen LogP contribution in [-0.4, -0.2) is 18.4 Å². The summed E-state index contributed by atoms with van der Waals surface area (Å²) in [6.07, 6.45) is 0.499. The van der Waals surface area contributed by atoms with Gasteiger partial charge in [-0.2, -0.15) is 11.3 Å². The van der Waals surface area contributed by atoms with E-state index >= 15 is 0 Å². The highest BCUT2D eigenvalue weighted by Crippen LogP contribution is 2.15. The smallest absolute Gasteiger partial charge is 0.252 e. The number of amides is 2. The molecule has 4 nitrogen and oxygen atoms in total. The van der Waals surface area contributed by atoms with Gasteiger partial charge in [-0.05, 0) is 30.0 Å². The summed E-state index contributed by atoms with van der Waals surface area (Å²) in [6, 6.07) is 4.56. The first kappa shape index (κ1) is 16.1. The molecule has 0 saturated heterocycles. The van der Waals surface area contributed by atoms with Crippen LogP contribution < -0.4 is 10.6 Å². The molecule has 0 bridgehead atoms. The van der Waals surface area contributed by atoms with Gasteiger partial charge < -0.3 is 10.6 Å². The Labute approximate surface area is 130 Å². The Morgan fingerprint density at radius 3 is 2.73 bits per heavy atom. The van der Waals surface area contributed by atoms with E-state index in [1.165, 1.54) is 11.3 Å². The van der Waals surface area contributed by atoms with Gasteiger partial charge in [-0.25, -0.2) is 8.78 Å². The lowest BCUT2D eigenvalue weighted by molar-refractivity contribution is -0.116. The van der Waals surface area contributed by atoms with E-state index in [-0.39, 0.29) is 18.0 Å². The quantitative estimate of drug-likeness (QED) is 0.802. The largest absolute Gasteiger partial charge is 0.352 e. The third kappa shape index (κ3) is 4.63. The van der Waals surface area contributed by atoms with Crippen LogP contribution in [0.1, 0.15) is 23.2 Å². The summed E-state index contributed by atoms with van der Waals surface area (Å²) in [5.74, 6) is -1.95. The Balaban J connectivity index is 1.72. The van der Waals surface area contributed by atoms with Gasteiger partial charge in [-0.3, -0.25) is 9.59 Å². The summed E-state index contributed by atoms with van der Waals surface area (Å²) in [4.78, 5) is 23.3. The first-order chi connectivity index (χ1) is 10.6. The molecule has 1 aromatic heterocycles. The van der Waals surface area contributed by atoms with Crippen LogP contribution in [0.15, 0.2) is 35.0 Å². The van der Waals surface area contributed by atoms with Crippen molar-refractivity contribution in [2.45, 2.75) is 12.8 Å². The Bertz CT molecular complexity index is 660. The molecule has 0 aliphatic heterocycles. The Kier molecular flexibility index (Phi) is 5.60. The predicted octanol–water partition coefficient (Wildman–Crippen LogP) is 3.18. The molecule has 22 heavy (non-hydrogen) atoms. The van der Waals surface area contributed by atoms with Crippen molar-refractivity contribution in [2.24, 2.45) is 0 Å². The minimum absolute atomic E-state index is 0.0971. The number of benzene rings is 1. The van der Waals surface area contributed by atoms with Crippen LogP contribution in [0.5, 0.6) is 0 Å². The Morgan fingerprint density at radius 1 is 1.18 bits per heavy atom. The molecule has 1 aromatic carbocycles. The lowest BCUT2D eigenvalue weighted by atomic mass is 10.2. The van der Waals surface area contributed by atoms with E-state index in [2.05, 4.69) is 10.6 Å². The van der Waals surface area contributed by atoms with Crippen molar-refractivity contribution in [1.82, 2.24) is 5.32 Å². The number of carbonyl (C=O) groups excluding carboxylic acids is 2. The topological polar surface area (TPSA) is 58.2 Å². The molecular weight excluding hydrogens is 310 g/mol. The van der Waals surface area contributed by atoms with E-state index in [1.54, 1.807) is 16.8 Å². The molecule has 116 valence electrons. The van der Waals surface area contributed by atoms with Gasteiger partial charge in [-0.1, -0.05) is 0 Å². The van der Waals surface area contributed by atoms with Gasteiger partial charge in [0.2, 0.25) is 5.91 Å². The summed E-state index contributed by atoms with van der Waals surface area (Å²) >= 11 is 1.42. The van der Waals surface area contributed by atoms with Crippen LogP contribution >= 0.6 is 11.3 Å². The zero-order valence-corrected chi connectivity index (χ0v) is 12.4. The van der Waals surface area contributed by atoms with Gasteiger partial charge in [-0.15, -0.1) is 0 Å². The first-order valence-electron chi connectivity index (χ1n) is 6.61. The lowest BCUT2D eigenvalue weighted by Crippen LogP contribution is -2.25. The maximum Gasteiger partial charge on any atom is 0.252 e. The van der Waals surface area contributed by atoms with E-state index in [1.807, 2.05) is 0 Å². The van der Waals surface area contributed by atoms with Crippen LogP contribution in [0.4, 0.5) is 14.5 Å². The number of halogens is 2. The number of rotatable bonds is 6. The second-order valence-electron chi connectivity index (χ2n) is 4.54. The summed E-state index contributed by atoms with van der Waals surface area (Å²) in [6.45, 7) is 0.327. The fourth-order valence-electron chi connectivity index (χ4n) is 1.75. The van der Waals surface area contributed by atoms with E-state index in [0.29, 0.717) is 18.5 Å². The van der Waals surface area contributed by atoms with Gasteiger partial charge in [0.25, 0.3) is 5.91 Å². The number of carbonyl (C=O) groups is 2. The second kappa shape index (κ2) is 7.65. The normalized spacial score (nSPS) is 10.3. The zero-order chi connectivity index (χ0) is 15.9. The monoisotopic (exact) mass is 324 g/mol. The van der Waals surface area contributed by atoms with Crippen molar-refractivity contribution in [1.29, 1.82) is 0 Å². The first-order valence-corrected chi connectivity index (χ1v) is 7.56. The zero-order valence-electron chi connectivity index (χ0n) is 11.6. The number of thiophene rings is 1. The number of hydrogen-bond donors (Lipinski definition) is 2. The molecule has 2 rings (SSSR count). The minimum atomic E-state index is -0.694. The van der Waals surface area contributed by atoms with E-state index in [4.69, 9.17) is 0 Å². The van der Waals surface area contributed by atoms with E-state index in [0.717, 1.165) is 18.2 Å². The van der Waals surface area contributed by atoms with Crippen LogP contribution in [0.3, 0.4) is 0 Å². The molecule has 0 aliphatic carbocycles. The van der Waals surface area contributed by atoms with Gasteiger partial charge in [0.1, 0.15) is 11.6 Å². The summed E-state index contributed by atoms with van der Waals surface area (Å²) in [5, 5.41) is 8.51. The van der Waals surface area contributed by atoms with Crippen molar-refractivity contribution < 1.29 is 18.4 Å². The highest BCUT2D eigenvalue weighted by Gasteiger charge is 2.09. The third-order valence-corrected chi connectivity index (χ3v) is 3.54. The van der Waals surface area contributed by atoms with Crippen molar-refractivity contribution in [3.63, 3.8) is 0 Å². The predicted molar refractivity (Wildman–Crippen MR) is 80.9 cm³/mol. The lowest BCUT2D eigenvalue weighted by Gasteiger charge is -2.07. The molecule has 0 fully saturated rings. The SMILES string of the molecule is O=C(CCCNC(=O)c1ccsc1)Nc1cc(F)ccc1F. The van der Waals surface area contributed by atoms with Crippen LogP contribution in [-0.2, 0) is 4.79 Å². The highest BCUT2D eigenvalue weighted by atomic mass is 32.1. The molecule has 0 saturated carbocycles. The maximum absolute atomic E-state index is 13.3. The third-order valence-electron chi connectivity index (χ3n) is 2.85. The van der Waals surface area contributed by atoms with Gasteiger partial charge in [0, 0.05) is 30.0 Å². The van der Waals surface area contributed by atoms with Crippen molar-refractivity contribution in [3.05, 3.63) is 52.2 Å². The fourth-order valence-corrected chi connectivity index (χ4v) is 2.39. The van der Waals surface area contributed by atoms with E-state index < -0.39 is 17.5 Å². The second-order valence-corrected chi connectivity index (χ2v) is 5.32. The standard InChI is InChI=1S/C15H14F2N2O2S/c16-11-3-4-12(17)13(8-11)19-14(20)2-1-6-18-15(21)10-5-7-22-9-10/h3-5,7-9H,1-2,6H2,(H,18,21)(H,19,20). The summed E-state index contributed by atoms with van der Waals surface area (Å²) in [5.41, 5.74) is 0.392. The van der Waals surface area contributed by atoms with Crippen LogP contribution in [0.25, 0.3) is 0 Å². The number of hydrogen-bond acceptors (Lipinski definition) is 3. The Hall–Kier alpha value is -2.28. The van der Waals surface area contributed by atoms with Gasteiger partial charge in [0.05, 0.1) is 5.69 Å². The molecule has 2 aromatic rings. The fraction of sp³-hybridized carbons (Fsp3) is 0.200. The average Bonchev–Trinajstić information content (AvgIpc) is 3.01. The van der Waals surface area contributed by atoms with Gasteiger partial charge in [0.15, 0.2) is 0 Å². The van der Waals surface area contributed by atoms with Gasteiger partial charge >= 0.3 is 0 Å². The molecule has 0 atom stereocenters. The molecule has 0 unspecified atom stereocenters. The van der Waals surface area contributed by atoms with Crippen LogP contribution in [0, 0.1) is 11.6 Å². The minimum Gasteiger partial charge on any atom is -0.352 e. The number of anilines is 1. The molecule has 2 amide bonds. The average molecular weight is 324 g/mol. The molecule has 2 N–H and O–H groups in total. The Morgan fingerprint density at radius 2 is 2.00 bits per heavy atom. The molecule has 7 heteroatoms. The maximum atomic E-state index is 13.3. The highest BCUT2D eigenvalue weighted by molar-refractivity contribution is 7.08. The molecule has 0 aliphatic rings. The number of nitrogens with one attached hydrogen (secondary N) is 2. The van der Waals surface area contributed by atoms with Crippen molar-refractivity contribution >= 4 is 28.8 Å².